The van der Waals surface area contributed by atoms with Crippen LogP contribution in [0.25, 0.3) is 16.9 Å². The predicted octanol–water partition coefficient (Wildman–Crippen LogP) is 6.99. The van der Waals surface area contributed by atoms with Gasteiger partial charge in [-0.25, -0.2) is 0 Å². The molecule has 33 heavy (non-hydrogen) atoms. The lowest BCUT2D eigenvalue weighted by molar-refractivity contribution is 0.102. The summed E-state index contributed by atoms with van der Waals surface area (Å²) in [6.07, 6.45) is 0. The molecular weight excluding hydrogens is 455 g/mol. The van der Waals surface area contributed by atoms with E-state index in [0.29, 0.717) is 38.4 Å². The normalized spacial score (nSPS) is 10.8. The molecule has 0 aliphatic carbocycles. The monoisotopic (exact) mass is 476 g/mol. The number of anilines is 1. The van der Waals surface area contributed by atoms with E-state index in [1.165, 1.54) is 6.07 Å². The smallest absolute Gasteiger partial charge is 0.261 e. The van der Waals surface area contributed by atoms with Crippen LogP contribution in [0.3, 0.4) is 0 Å². The Morgan fingerprint density at radius 3 is 2.06 bits per heavy atom. The van der Waals surface area contributed by atoms with Crippen molar-refractivity contribution in [3.63, 3.8) is 0 Å². The van der Waals surface area contributed by atoms with E-state index in [4.69, 9.17) is 23.2 Å². The molecule has 0 aliphatic rings. The number of rotatable bonds is 4. The maximum atomic E-state index is 13.6. The molecule has 1 aromatic heterocycles. The van der Waals surface area contributed by atoms with Crippen LogP contribution in [0, 0.1) is 20.8 Å². The van der Waals surface area contributed by atoms with E-state index >= 15 is 0 Å². The van der Waals surface area contributed by atoms with Gasteiger partial charge in [0.05, 0.1) is 16.4 Å². The molecule has 0 fully saturated rings. The topological polar surface area (TPSA) is 51.1 Å². The van der Waals surface area contributed by atoms with Crippen LogP contribution in [-0.2, 0) is 0 Å². The number of nitrogens with one attached hydrogen (secondary N) is 1. The summed E-state index contributed by atoms with van der Waals surface area (Å²) >= 11 is 13.1. The SMILES string of the molecule is Cc1cccc(C)c1NC(=O)c1c(-c2ccccc2Cl)n(-c2ccccc2Cl)c(C)cc1=O. The Morgan fingerprint density at radius 1 is 0.818 bits per heavy atom. The molecule has 0 unspecified atom stereocenters. The second-order valence-electron chi connectivity index (χ2n) is 7.86. The first-order valence-electron chi connectivity index (χ1n) is 10.4. The van der Waals surface area contributed by atoms with Crippen LogP contribution >= 0.6 is 23.2 Å². The fourth-order valence-corrected chi connectivity index (χ4v) is 4.44. The third kappa shape index (κ3) is 4.32. The van der Waals surface area contributed by atoms with Gasteiger partial charge in [-0.1, -0.05) is 71.7 Å². The van der Waals surface area contributed by atoms with Crippen molar-refractivity contribution in [1.29, 1.82) is 0 Å². The lowest BCUT2D eigenvalue weighted by Crippen LogP contribution is -2.27. The van der Waals surface area contributed by atoms with Crippen LogP contribution in [0.2, 0.25) is 10.0 Å². The molecular formula is C27H22Cl2N2O2. The van der Waals surface area contributed by atoms with Gasteiger partial charge in [0.25, 0.3) is 5.91 Å². The number of halogens is 2. The van der Waals surface area contributed by atoms with Crippen molar-refractivity contribution in [2.45, 2.75) is 20.8 Å². The predicted molar refractivity (Wildman–Crippen MR) is 136 cm³/mol. The van der Waals surface area contributed by atoms with Crippen LogP contribution < -0.4 is 10.7 Å². The van der Waals surface area contributed by atoms with Gasteiger partial charge >= 0.3 is 0 Å². The molecule has 0 atom stereocenters. The first-order chi connectivity index (χ1) is 15.8. The van der Waals surface area contributed by atoms with Crippen LogP contribution in [0.15, 0.2) is 77.6 Å². The van der Waals surface area contributed by atoms with E-state index in [9.17, 15) is 9.59 Å². The van der Waals surface area contributed by atoms with Gasteiger partial charge in [0.1, 0.15) is 5.56 Å². The summed E-state index contributed by atoms with van der Waals surface area (Å²) in [5.74, 6) is -0.506. The third-order valence-corrected chi connectivity index (χ3v) is 6.22. The fourth-order valence-electron chi connectivity index (χ4n) is 3.99. The van der Waals surface area contributed by atoms with Gasteiger partial charge < -0.3 is 9.88 Å². The van der Waals surface area contributed by atoms with Gasteiger partial charge in [-0.15, -0.1) is 0 Å². The van der Waals surface area contributed by atoms with Crippen molar-refractivity contribution in [1.82, 2.24) is 4.57 Å². The van der Waals surface area contributed by atoms with Gasteiger partial charge in [-0.3, -0.25) is 9.59 Å². The van der Waals surface area contributed by atoms with Crippen molar-refractivity contribution >= 4 is 34.8 Å². The molecule has 6 heteroatoms. The van der Waals surface area contributed by atoms with E-state index in [1.54, 1.807) is 31.2 Å². The summed E-state index contributed by atoms with van der Waals surface area (Å²) in [6, 6.07) is 21.6. The summed E-state index contributed by atoms with van der Waals surface area (Å²) in [5.41, 5.74) is 4.32. The molecule has 0 aliphatic heterocycles. The van der Waals surface area contributed by atoms with E-state index < -0.39 is 11.3 Å². The van der Waals surface area contributed by atoms with Gasteiger partial charge in [0, 0.05) is 28.0 Å². The van der Waals surface area contributed by atoms with Gasteiger partial charge in [-0.2, -0.15) is 0 Å². The number of carbonyl (C=O) groups is 1. The van der Waals surface area contributed by atoms with E-state index in [2.05, 4.69) is 5.32 Å². The number of amides is 1. The molecule has 0 saturated heterocycles. The van der Waals surface area contributed by atoms with Crippen molar-refractivity contribution < 1.29 is 4.79 Å². The fraction of sp³-hybridized carbons (Fsp3) is 0.111. The highest BCUT2D eigenvalue weighted by Gasteiger charge is 2.25. The molecule has 0 saturated carbocycles. The summed E-state index contributed by atoms with van der Waals surface area (Å²) in [4.78, 5) is 26.9. The Hall–Kier alpha value is -3.34. The zero-order chi connectivity index (χ0) is 23.7. The Bertz CT molecular complexity index is 1420. The van der Waals surface area contributed by atoms with Crippen LogP contribution in [0.4, 0.5) is 5.69 Å². The lowest BCUT2D eigenvalue weighted by Gasteiger charge is -2.22. The van der Waals surface area contributed by atoms with Crippen molar-refractivity contribution in [2.24, 2.45) is 0 Å². The molecule has 166 valence electrons. The average molecular weight is 477 g/mol. The zero-order valence-corrected chi connectivity index (χ0v) is 20.0. The van der Waals surface area contributed by atoms with Crippen molar-refractivity contribution in [3.05, 3.63) is 115 Å². The minimum atomic E-state index is -0.506. The maximum absolute atomic E-state index is 13.6. The molecule has 0 radical (unpaired) electrons. The molecule has 1 heterocycles. The van der Waals surface area contributed by atoms with Crippen LogP contribution in [0.1, 0.15) is 27.2 Å². The highest BCUT2D eigenvalue weighted by Crippen LogP contribution is 2.34. The highest BCUT2D eigenvalue weighted by atomic mass is 35.5. The molecule has 0 spiro atoms. The zero-order valence-electron chi connectivity index (χ0n) is 18.4. The number of hydrogen-bond donors (Lipinski definition) is 1. The summed E-state index contributed by atoms with van der Waals surface area (Å²) < 4.78 is 1.81. The number of aromatic nitrogens is 1. The van der Waals surface area contributed by atoms with Crippen LogP contribution in [0.5, 0.6) is 0 Å². The molecule has 4 aromatic rings. The van der Waals surface area contributed by atoms with E-state index in [1.807, 2.05) is 60.9 Å². The average Bonchev–Trinajstić information content (AvgIpc) is 2.77. The van der Waals surface area contributed by atoms with Gasteiger partial charge in [0.2, 0.25) is 0 Å². The minimum absolute atomic E-state index is 0.00345. The number of para-hydroxylation sites is 2. The number of aryl methyl sites for hydroxylation is 3. The molecule has 1 amide bonds. The van der Waals surface area contributed by atoms with Gasteiger partial charge in [0.15, 0.2) is 5.43 Å². The Labute approximate surface area is 202 Å². The molecule has 4 rings (SSSR count). The summed E-state index contributed by atoms with van der Waals surface area (Å²) in [7, 11) is 0. The second-order valence-corrected chi connectivity index (χ2v) is 8.68. The molecule has 0 bridgehead atoms. The first-order valence-corrected chi connectivity index (χ1v) is 11.2. The number of hydrogen-bond acceptors (Lipinski definition) is 2. The van der Waals surface area contributed by atoms with Crippen molar-refractivity contribution in [3.8, 4) is 16.9 Å². The minimum Gasteiger partial charge on any atom is -0.321 e. The lowest BCUT2D eigenvalue weighted by atomic mass is 10.0. The van der Waals surface area contributed by atoms with Crippen LogP contribution in [-0.4, -0.2) is 10.5 Å². The van der Waals surface area contributed by atoms with E-state index in [0.717, 1.165) is 11.1 Å². The second kappa shape index (κ2) is 9.26. The number of pyridine rings is 1. The summed E-state index contributed by atoms with van der Waals surface area (Å²) in [5, 5.41) is 3.86. The molecule has 1 N–H and O–H groups in total. The summed E-state index contributed by atoms with van der Waals surface area (Å²) in [6.45, 7) is 5.63. The van der Waals surface area contributed by atoms with Gasteiger partial charge in [-0.05, 0) is 50.1 Å². The standard InChI is InChI=1S/C27H22Cl2N2O2/c1-16-9-8-10-17(2)25(16)30-27(33)24-23(32)15-18(3)31(22-14-7-6-13-21(22)29)26(24)19-11-4-5-12-20(19)28/h4-15H,1-3H3,(H,30,33). The highest BCUT2D eigenvalue weighted by molar-refractivity contribution is 6.34. The molecule has 4 nitrogen and oxygen atoms in total. The Morgan fingerprint density at radius 2 is 1.42 bits per heavy atom. The third-order valence-electron chi connectivity index (χ3n) is 5.57. The quantitative estimate of drug-likeness (QED) is 0.345. The maximum Gasteiger partial charge on any atom is 0.261 e. The number of nitrogens with zero attached hydrogens (tertiary/aromatic N) is 1. The first kappa shape index (κ1) is 22.8. The number of carbonyl (C=O) groups excluding carboxylic acids is 1. The largest absolute Gasteiger partial charge is 0.321 e. The Balaban J connectivity index is 2.05. The van der Waals surface area contributed by atoms with E-state index in [-0.39, 0.29) is 5.56 Å². The Kier molecular flexibility index (Phi) is 6.41. The number of benzene rings is 3. The molecule has 3 aromatic carbocycles. The van der Waals surface area contributed by atoms with Crippen molar-refractivity contribution in [2.75, 3.05) is 5.32 Å².